The van der Waals surface area contributed by atoms with Crippen LogP contribution >= 0.6 is 0 Å². The molecule has 0 aliphatic heterocycles. The van der Waals surface area contributed by atoms with E-state index < -0.39 is 0 Å². The molecule has 0 amide bonds. The summed E-state index contributed by atoms with van der Waals surface area (Å²) in [6, 6.07) is 0. The molecule has 0 aromatic rings. The van der Waals surface area contributed by atoms with Gasteiger partial charge in [0.05, 0.1) is 38.6 Å². The predicted octanol–water partition coefficient (Wildman–Crippen LogP) is 4.37. The van der Waals surface area contributed by atoms with Crippen LogP contribution in [0.3, 0.4) is 0 Å². The van der Waals surface area contributed by atoms with Crippen molar-refractivity contribution in [1.29, 1.82) is 0 Å². The third-order valence-electron chi connectivity index (χ3n) is 7.18. The lowest BCUT2D eigenvalue weighted by molar-refractivity contribution is -0.198. The van der Waals surface area contributed by atoms with Gasteiger partial charge in [-0.05, 0) is 68.7 Å². The Morgan fingerprint density at radius 2 is 1.56 bits per heavy atom. The van der Waals surface area contributed by atoms with Crippen LogP contribution in [-0.4, -0.2) is 63.7 Å². The molecule has 0 heterocycles. The van der Waals surface area contributed by atoms with E-state index in [-0.39, 0.29) is 5.60 Å². The second-order valence-electron chi connectivity index (χ2n) is 10.2. The summed E-state index contributed by atoms with van der Waals surface area (Å²) in [5.74, 6) is 2.56. The first kappa shape index (κ1) is 21.5. The molecule has 2 unspecified atom stereocenters. The highest BCUT2D eigenvalue weighted by Crippen LogP contribution is 2.63. The van der Waals surface area contributed by atoms with Crippen molar-refractivity contribution >= 4 is 0 Å². The molecular weight excluding hydrogens is 338 g/mol. The normalized spacial score (nSPS) is 34.9. The Labute approximate surface area is 167 Å². The highest BCUT2D eigenvalue weighted by atomic mass is 16.5. The van der Waals surface area contributed by atoms with Crippen LogP contribution in [0.2, 0.25) is 0 Å². The van der Waals surface area contributed by atoms with E-state index in [0.717, 1.165) is 38.1 Å². The van der Waals surface area contributed by atoms with Crippen LogP contribution in [-0.2, 0) is 14.2 Å². The molecule has 27 heavy (non-hydrogen) atoms. The van der Waals surface area contributed by atoms with Gasteiger partial charge < -0.3 is 19.1 Å². The first-order valence-corrected chi connectivity index (χ1v) is 11.4. The van der Waals surface area contributed by atoms with Crippen LogP contribution in [0.4, 0.5) is 0 Å². The monoisotopic (exact) mass is 381 g/mol. The number of rotatable bonds is 13. The molecule has 0 aromatic heterocycles. The summed E-state index contributed by atoms with van der Waals surface area (Å²) in [7, 11) is 2.16. The fraction of sp³-hybridized carbons (Fsp3) is 1.00. The van der Waals surface area contributed by atoms with Crippen LogP contribution in [0.25, 0.3) is 0 Å². The molecule has 4 heteroatoms. The molecule has 158 valence electrons. The minimum atomic E-state index is 0.182. The average molecular weight is 382 g/mol. The quantitative estimate of drug-likeness (QED) is 0.443. The number of likely N-dealkylation sites (N-methyl/N-ethyl adjacent to an activating group) is 1. The van der Waals surface area contributed by atoms with Gasteiger partial charge >= 0.3 is 0 Å². The highest BCUT2D eigenvalue weighted by Gasteiger charge is 2.57. The Morgan fingerprint density at radius 3 is 2.19 bits per heavy atom. The molecule has 4 aliphatic rings. The van der Waals surface area contributed by atoms with Crippen molar-refractivity contribution < 1.29 is 14.2 Å². The number of nitrogens with zero attached hydrogens (tertiary/aromatic N) is 1. The molecule has 4 bridgehead atoms. The maximum absolute atomic E-state index is 6.49. The molecule has 4 fully saturated rings. The van der Waals surface area contributed by atoms with Crippen LogP contribution in [0.5, 0.6) is 0 Å². The van der Waals surface area contributed by atoms with Gasteiger partial charge in [0.15, 0.2) is 0 Å². The minimum Gasteiger partial charge on any atom is -0.378 e. The number of hydrogen-bond donors (Lipinski definition) is 0. The number of hydrogen-bond acceptors (Lipinski definition) is 4. The van der Waals surface area contributed by atoms with E-state index in [0.29, 0.717) is 31.2 Å². The third-order valence-corrected chi connectivity index (χ3v) is 7.18. The van der Waals surface area contributed by atoms with Crippen molar-refractivity contribution in [2.24, 2.45) is 23.2 Å². The standard InChI is InChI=1S/C23H43NO3/c1-5-22-13-20-12-21(14-22)16-23(15-20,18-22)27-11-10-26-9-8-25-7-6-24(4)17-19(2)3/h19-21H,5-18H2,1-4H3. The molecule has 0 spiro atoms. The zero-order valence-electron chi connectivity index (χ0n) is 18.3. The summed E-state index contributed by atoms with van der Waals surface area (Å²) in [5.41, 5.74) is 0.780. The summed E-state index contributed by atoms with van der Waals surface area (Å²) >= 11 is 0. The molecule has 0 saturated heterocycles. The summed E-state index contributed by atoms with van der Waals surface area (Å²) in [4.78, 5) is 2.33. The van der Waals surface area contributed by atoms with Gasteiger partial charge in [0.1, 0.15) is 0 Å². The van der Waals surface area contributed by atoms with Gasteiger partial charge in [-0.2, -0.15) is 0 Å². The Hall–Kier alpha value is -0.160. The lowest BCUT2D eigenvalue weighted by atomic mass is 9.47. The summed E-state index contributed by atoms with van der Waals surface area (Å²) in [6.07, 6.45) is 9.64. The zero-order chi connectivity index (χ0) is 19.3. The second kappa shape index (κ2) is 9.56. The van der Waals surface area contributed by atoms with Crippen molar-refractivity contribution in [3.8, 4) is 0 Å². The Balaban J connectivity index is 1.24. The van der Waals surface area contributed by atoms with Crippen LogP contribution in [0.15, 0.2) is 0 Å². The van der Waals surface area contributed by atoms with Crippen molar-refractivity contribution in [3.63, 3.8) is 0 Å². The Bertz CT molecular complexity index is 439. The summed E-state index contributed by atoms with van der Waals surface area (Å²) in [6.45, 7) is 12.6. The van der Waals surface area contributed by atoms with Gasteiger partial charge in [0, 0.05) is 13.1 Å². The molecule has 4 saturated carbocycles. The molecule has 0 radical (unpaired) electrons. The highest BCUT2D eigenvalue weighted by molar-refractivity contribution is 5.08. The van der Waals surface area contributed by atoms with Gasteiger partial charge in [0.2, 0.25) is 0 Å². The maximum Gasteiger partial charge on any atom is 0.0708 e. The second-order valence-corrected chi connectivity index (χ2v) is 10.2. The molecule has 4 nitrogen and oxygen atoms in total. The van der Waals surface area contributed by atoms with E-state index in [1.54, 1.807) is 0 Å². The van der Waals surface area contributed by atoms with E-state index >= 15 is 0 Å². The van der Waals surface area contributed by atoms with E-state index in [4.69, 9.17) is 14.2 Å². The van der Waals surface area contributed by atoms with Crippen LogP contribution < -0.4 is 0 Å². The van der Waals surface area contributed by atoms with Gasteiger partial charge in [-0.1, -0.05) is 27.2 Å². The lowest BCUT2D eigenvalue weighted by Gasteiger charge is -2.61. The van der Waals surface area contributed by atoms with Crippen molar-refractivity contribution in [3.05, 3.63) is 0 Å². The molecule has 0 N–H and O–H groups in total. The molecule has 2 atom stereocenters. The Kier molecular flexibility index (Phi) is 7.63. The number of ether oxygens (including phenoxy) is 3. The molecular formula is C23H43NO3. The van der Waals surface area contributed by atoms with Gasteiger partial charge in [-0.25, -0.2) is 0 Å². The topological polar surface area (TPSA) is 30.9 Å². The summed E-state index contributed by atoms with van der Waals surface area (Å²) < 4.78 is 17.9. The molecule has 4 aliphatic carbocycles. The smallest absolute Gasteiger partial charge is 0.0708 e. The average Bonchev–Trinajstić information content (AvgIpc) is 2.58. The van der Waals surface area contributed by atoms with Gasteiger partial charge in [-0.15, -0.1) is 0 Å². The van der Waals surface area contributed by atoms with Crippen molar-refractivity contribution in [1.82, 2.24) is 4.90 Å². The van der Waals surface area contributed by atoms with Gasteiger partial charge in [0.25, 0.3) is 0 Å². The Morgan fingerprint density at radius 1 is 0.926 bits per heavy atom. The summed E-state index contributed by atoms with van der Waals surface area (Å²) in [5, 5.41) is 0. The predicted molar refractivity (Wildman–Crippen MR) is 110 cm³/mol. The molecule has 0 aromatic carbocycles. The van der Waals surface area contributed by atoms with Crippen LogP contribution in [0.1, 0.15) is 65.7 Å². The van der Waals surface area contributed by atoms with Crippen molar-refractivity contribution in [2.45, 2.75) is 71.3 Å². The van der Waals surface area contributed by atoms with E-state index in [9.17, 15) is 0 Å². The third kappa shape index (κ3) is 5.91. The van der Waals surface area contributed by atoms with Crippen molar-refractivity contribution in [2.75, 3.05) is 53.2 Å². The largest absolute Gasteiger partial charge is 0.378 e. The van der Waals surface area contributed by atoms with Crippen LogP contribution in [0, 0.1) is 23.2 Å². The first-order valence-electron chi connectivity index (χ1n) is 11.4. The fourth-order valence-electron chi connectivity index (χ4n) is 6.52. The van der Waals surface area contributed by atoms with E-state index in [1.807, 2.05) is 0 Å². The van der Waals surface area contributed by atoms with Gasteiger partial charge in [-0.3, -0.25) is 0 Å². The first-order chi connectivity index (χ1) is 12.9. The fourth-order valence-corrected chi connectivity index (χ4v) is 6.52. The van der Waals surface area contributed by atoms with E-state index in [2.05, 4.69) is 32.7 Å². The zero-order valence-corrected chi connectivity index (χ0v) is 18.3. The molecule has 4 rings (SSSR count). The SMILES string of the molecule is CCC12CC3CC(C1)CC(OCCOCCOCCN(C)CC(C)C)(C3)C2. The van der Waals surface area contributed by atoms with E-state index in [1.165, 1.54) is 44.9 Å². The minimum absolute atomic E-state index is 0.182. The maximum atomic E-state index is 6.49. The lowest BCUT2D eigenvalue weighted by Crippen LogP contribution is -2.56.